The van der Waals surface area contributed by atoms with Gasteiger partial charge in [-0.15, -0.1) is 0 Å². The van der Waals surface area contributed by atoms with E-state index in [9.17, 15) is 9.59 Å². The van der Waals surface area contributed by atoms with Crippen LogP contribution in [0.25, 0.3) is 0 Å². The van der Waals surface area contributed by atoms with Gasteiger partial charge in [0.1, 0.15) is 5.76 Å². The average Bonchev–Trinajstić information content (AvgIpc) is 3.04. The van der Waals surface area contributed by atoms with Crippen LogP contribution in [0.4, 0.5) is 0 Å². The lowest BCUT2D eigenvalue weighted by molar-refractivity contribution is -0.123. The molecular weight excluding hydrogens is 286 g/mol. The van der Waals surface area contributed by atoms with E-state index in [1.807, 2.05) is 6.07 Å². The third kappa shape index (κ3) is 4.24. The number of hydrogen-bond acceptors (Lipinski definition) is 5. The number of amides is 1. The summed E-state index contributed by atoms with van der Waals surface area (Å²) in [6.45, 7) is 0.284. The van der Waals surface area contributed by atoms with E-state index in [0.29, 0.717) is 5.76 Å². The van der Waals surface area contributed by atoms with Gasteiger partial charge in [0.15, 0.2) is 12.4 Å². The van der Waals surface area contributed by atoms with Crippen molar-refractivity contribution in [1.82, 2.24) is 9.88 Å². The predicted octanol–water partition coefficient (Wildman–Crippen LogP) is 1.05. The van der Waals surface area contributed by atoms with Gasteiger partial charge in [-0.25, -0.2) is 0 Å². The SMILES string of the molecule is N#CCCn1cccc(OCC(=O)NCc2ccco2)c1=O. The second-order valence-corrected chi connectivity index (χ2v) is 4.42. The summed E-state index contributed by atoms with van der Waals surface area (Å²) in [6.07, 6.45) is 3.32. The van der Waals surface area contributed by atoms with Crippen LogP contribution in [0.3, 0.4) is 0 Å². The largest absolute Gasteiger partial charge is 0.478 e. The molecule has 1 amide bonds. The van der Waals surface area contributed by atoms with Crippen molar-refractivity contribution in [2.75, 3.05) is 6.61 Å². The Morgan fingerprint density at radius 1 is 1.41 bits per heavy atom. The summed E-state index contributed by atoms with van der Waals surface area (Å²) in [5.41, 5.74) is -0.364. The smallest absolute Gasteiger partial charge is 0.292 e. The van der Waals surface area contributed by atoms with E-state index in [0.717, 1.165) is 0 Å². The Hall–Kier alpha value is -3.01. The molecule has 0 aliphatic rings. The van der Waals surface area contributed by atoms with Gasteiger partial charge in [0.25, 0.3) is 11.5 Å². The molecule has 7 nitrogen and oxygen atoms in total. The summed E-state index contributed by atoms with van der Waals surface area (Å²) in [6, 6.07) is 8.56. The molecule has 22 heavy (non-hydrogen) atoms. The van der Waals surface area contributed by atoms with E-state index in [2.05, 4.69) is 5.32 Å². The Balaban J connectivity index is 1.87. The maximum absolute atomic E-state index is 12.0. The molecule has 2 rings (SSSR count). The number of hydrogen-bond donors (Lipinski definition) is 1. The van der Waals surface area contributed by atoms with Crippen LogP contribution in [-0.4, -0.2) is 17.1 Å². The fraction of sp³-hybridized carbons (Fsp3) is 0.267. The first kappa shape index (κ1) is 15.4. The monoisotopic (exact) mass is 301 g/mol. The number of ether oxygens (including phenoxy) is 1. The maximum atomic E-state index is 12.0. The highest BCUT2D eigenvalue weighted by atomic mass is 16.5. The fourth-order valence-corrected chi connectivity index (χ4v) is 1.76. The van der Waals surface area contributed by atoms with E-state index >= 15 is 0 Å². The van der Waals surface area contributed by atoms with Gasteiger partial charge in [0, 0.05) is 12.7 Å². The lowest BCUT2D eigenvalue weighted by atomic mass is 10.4. The van der Waals surface area contributed by atoms with Crippen LogP contribution in [0, 0.1) is 11.3 Å². The quantitative estimate of drug-likeness (QED) is 0.824. The van der Waals surface area contributed by atoms with Gasteiger partial charge >= 0.3 is 0 Å². The highest BCUT2D eigenvalue weighted by Crippen LogP contribution is 2.03. The van der Waals surface area contributed by atoms with Crippen molar-refractivity contribution in [1.29, 1.82) is 5.26 Å². The molecule has 0 spiro atoms. The Kier molecular flexibility index (Phi) is 5.37. The van der Waals surface area contributed by atoms with Crippen LogP contribution >= 0.6 is 0 Å². The molecule has 0 aliphatic heterocycles. The summed E-state index contributed by atoms with van der Waals surface area (Å²) >= 11 is 0. The first-order chi connectivity index (χ1) is 10.7. The van der Waals surface area contributed by atoms with Crippen LogP contribution in [0.5, 0.6) is 5.75 Å². The van der Waals surface area contributed by atoms with Crippen LogP contribution in [0.2, 0.25) is 0 Å². The van der Waals surface area contributed by atoms with Gasteiger partial charge in [-0.2, -0.15) is 5.26 Å². The molecule has 0 saturated heterocycles. The number of furan rings is 1. The molecular formula is C15H15N3O4. The van der Waals surface area contributed by atoms with Crippen molar-refractivity contribution < 1.29 is 13.9 Å². The second-order valence-electron chi connectivity index (χ2n) is 4.42. The molecule has 114 valence electrons. The van der Waals surface area contributed by atoms with E-state index in [-0.39, 0.29) is 43.3 Å². The molecule has 2 heterocycles. The van der Waals surface area contributed by atoms with Crippen LogP contribution < -0.4 is 15.6 Å². The zero-order valence-electron chi connectivity index (χ0n) is 11.8. The molecule has 0 radical (unpaired) electrons. The third-order valence-corrected chi connectivity index (χ3v) is 2.85. The van der Waals surface area contributed by atoms with Crippen LogP contribution in [0.15, 0.2) is 45.9 Å². The zero-order chi connectivity index (χ0) is 15.8. The van der Waals surface area contributed by atoms with Crippen molar-refractivity contribution in [3.05, 3.63) is 52.8 Å². The van der Waals surface area contributed by atoms with E-state index in [1.54, 1.807) is 24.4 Å². The lowest BCUT2D eigenvalue weighted by Gasteiger charge is -2.08. The molecule has 2 aromatic rings. The summed E-state index contributed by atoms with van der Waals surface area (Å²) in [7, 11) is 0. The molecule has 1 N–H and O–H groups in total. The number of carbonyl (C=O) groups excluding carboxylic acids is 1. The van der Waals surface area contributed by atoms with E-state index in [1.165, 1.54) is 16.9 Å². The number of rotatable bonds is 7. The van der Waals surface area contributed by atoms with Crippen molar-refractivity contribution in [2.45, 2.75) is 19.5 Å². The minimum Gasteiger partial charge on any atom is -0.478 e. The number of nitrogens with one attached hydrogen (secondary N) is 1. The predicted molar refractivity (Wildman–Crippen MR) is 77.0 cm³/mol. The molecule has 0 bridgehead atoms. The third-order valence-electron chi connectivity index (χ3n) is 2.85. The van der Waals surface area contributed by atoms with Crippen LogP contribution in [-0.2, 0) is 17.9 Å². The van der Waals surface area contributed by atoms with Gasteiger partial charge in [-0.1, -0.05) is 0 Å². The number of nitriles is 1. The maximum Gasteiger partial charge on any atom is 0.292 e. The molecule has 0 unspecified atom stereocenters. The van der Waals surface area contributed by atoms with Gasteiger partial charge in [0.05, 0.1) is 25.3 Å². The first-order valence-corrected chi connectivity index (χ1v) is 6.69. The summed E-state index contributed by atoms with van der Waals surface area (Å²) in [5, 5.41) is 11.2. The zero-order valence-corrected chi connectivity index (χ0v) is 11.8. The Labute approximate surface area is 126 Å². The fourth-order valence-electron chi connectivity index (χ4n) is 1.76. The van der Waals surface area contributed by atoms with Crippen molar-refractivity contribution in [2.24, 2.45) is 0 Å². The minimum absolute atomic E-state index is 0.0774. The number of carbonyl (C=O) groups is 1. The van der Waals surface area contributed by atoms with Crippen LogP contribution in [0.1, 0.15) is 12.2 Å². The Bertz CT molecular complexity index is 713. The van der Waals surface area contributed by atoms with Gasteiger partial charge < -0.3 is 19.0 Å². The lowest BCUT2D eigenvalue weighted by Crippen LogP contribution is -2.30. The number of nitrogens with zero attached hydrogens (tertiary/aromatic N) is 2. The number of pyridine rings is 1. The topological polar surface area (TPSA) is 97.3 Å². The second kappa shape index (κ2) is 7.69. The number of aryl methyl sites for hydroxylation is 1. The number of aromatic nitrogens is 1. The van der Waals surface area contributed by atoms with Crippen molar-refractivity contribution in [3.8, 4) is 11.8 Å². The average molecular weight is 301 g/mol. The molecule has 0 saturated carbocycles. The van der Waals surface area contributed by atoms with E-state index in [4.69, 9.17) is 14.4 Å². The molecule has 0 fully saturated rings. The standard InChI is InChI=1S/C15H15N3O4/c16-6-3-8-18-7-1-5-13(15(18)20)22-11-14(19)17-10-12-4-2-9-21-12/h1-2,4-5,7,9H,3,8,10-11H2,(H,17,19). The highest BCUT2D eigenvalue weighted by molar-refractivity contribution is 5.77. The van der Waals surface area contributed by atoms with Gasteiger partial charge in [-0.3, -0.25) is 9.59 Å². The van der Waals surface area contributed by atoms with E-state index < -0.39 is 0 Å². The van der Waals surface area contributed by atoms with Crippen molar-refractivity contribution >= 4 is 5.91 Å². The minimum atomic E-state index is -0.364. The Morgan fingerprint density at radius 2 is 2.27 bits per heavy atom. The normalized spacial score (nSPS) is 9.95. The summed E-state index contributed by atoms with van der Waals surface area (Å²) in [4.78, 5) is 23.7. The summed E-state index contributed by atoms with van der Waals surface area (Å²) < 4.78 is 11.7. The summed E-state index contributed by atoms with van der Waals surface area (Å²) in [5.74, 6) is 0.351. The highest BCUT2D eigenvalue weighted by Gasteiger charge is 2.08. The first-order valence-electron chi connectivity index (χ1n) is 6.69. The van der Waals surface area contributed by atoms with Crippen molar-refractivity contribution in [3.63, 3.8) is 0 Å². The van der Waals surface area contributed by atoms with Gasteiger partial charge in [-0.05, 0) is 24.3 Å². The van der Waals surface area contributed by atoms with Gasteiger partial charge in [0.2, 0.25) is 0 Å². The Morgan fingerprint density at radius 3 is 3.00 bits per heavy atom. The molecule has 0 aromatic carbocycles. The molecule has 0 aliphatic carbocycles. The molecule has 2 aromatic heterocycles. The molecule has 0 atom stereocenters. The molecule has 7 heteroatoms.